The van der Waals surface area contributed by atoms with Crippen LogP contribution in [0.25, 0.3) is 0 Å². The van der Waals surface area contributed by atoms with Crippen molar-refractivity contribution in [3.05, 3.63) is 33.9 Å². The number of halogens is 1. The van der Waals surface area contributed by atoms with Gasteiger partial charge in [-0.25, -0.2) is 4.39 Å². The Bertz CT molecular complexity index is 300. The maximum atomic E-state index is 12.6. The zero-order valence-corrected chi connectivity index (χ0v) is 8.16. The van der Waals surface area contributed by atoms with E-state index in [2.05, 4.69) is 13.0 Å². The molecule has 0 spiro atoms. The predicted molar refractivity (Wildman–Crippen MR) is 50.2 cm³/mol. The molecular formula is C11H15F. The highest BCUT2D eigenvalue weighted by Crippen LogP contribution is 2.21. The Morgan fingerprint density at radius 1 is 1.00 bits per heavy atom. The Labute approximate surface area is 73.4 Å². The summed E-state index contributed by atoms with van der Waals surface area (Å²) < 4.78 is 12.6. The maximum absolute atomic E-state index is 12.6. The molecule has 0 fully saturated rings. The first kappa shape index (κ1) is 9.24. The van der Waals surface area contributed by atoms with E-state index in [-0.39, 0.29) is 6.67 Å². The van der Waals surface area contributed by atoms with Crippen LogP contribution in [0.5, 0.6) is 0 Å². The van der Waals surface area contributed by atoms with Gasteiger partial charge in [-0.1, -0.05) is 6.07 Å². The van der Waals surface area contributed by atoms with E-state index in [1.54, 1.807) is 0 Å². The van der Waals surface area contributed by atoms with Crippen molar-refractivity contribution < 1.29 is 4.39 Å². The Morgan fingerprint density at radius 2 is 1.58 bits per heavy atom. The third-order valence-corrected chi connectivity index (χ3v) is 2.65. The molecule has 1 heteroatoms. The van der Waals surface area contributed by atoms with Crippen molar-refractivity contribution in [3.63, 3.8) is 0 Å². The summed E-state index contributed by atoms with van der Waals surface area (Å²) in [7, 11) is 0. The molecule has 0 nitrogen and oxygen atoms in total. The molecule has 0 amide bonds. The Hall–Kier alpha value is -0.850. The van der Waals surface area contributed by atoms with Crippen LogP contribution in [0.15, 0.2) is 6.07 Å². The maximum Gasteiger partial charge on any atom is 0.115 e. The van der Waals surface area contributed by atoms with Crippen molar-refractivity contribution in [3.8, 4) is 0 Å². The molecule has 0 unspecified atom stereocenters. The Balaban J connectivity index is 3.40. The van der Waals surface area contributed by atoms with Gasteiger partial charge in [0.05, 0.1) is 0 Å². The molecule has 12 heavy (non-hydrogen) atoms. The average molecular weight is 166 g/mol. The number of alkyl halides is 1. The van der Waals surface area contributed by atoms with Gasteiger partial charge in [0.25, 0.3) is 0 Å². The molecule has 0 atom stereocenters. The summed E-state index contributed by atoms with van der Waals surface area (Å²) in [5, 5.41) is 0. The molecule has 0 aliphatic carbocycles. The minimum Gasteiger partial charge on any atom is -0.246 e. The molecule has 0 aromatic heterocycles. The first-order valence-corrected chi connectivity index (χ1v) is 4.20. The summed E-state index contributed by atoms with van der Waals surface area (Å²) >= 11 is 0. The smallest absolute Gasteiger partial charge is 0.115 e. The molecule has 1 rings (SSSR count). The lowest BCUT2D eigenvalue weighted by Crippen LogP contribution is -1.96. The highest BCUT2D eigenvalue weighted by molar-refractivity contribution is 5.43. The molecule has 0 aliphatic heterocycles. The van der Waals surface area contributed by atoms with E-state index < -0.39 is 0 Å². The van der Waals surface area contributed by atoms with Crippen molar-refractivity contribution in [2.24, 2.45) is 0 Å². The second-order valence-electron chi connectivity index (χ2n) is 3.37. The highest BCUT2D eigenvalue weighted by atomic mass is 19.1. The number of benzene rings is 1. The molecular weight excluding hydrogens is 151 g/mol. The van der Waals surface area contributed by atoms with Crippen LogP contribution in [0.3, 0.4) is 0 Å². The van der Waals surface area contributed by atoms with Crippen LogP contribution in [-0.4, -0.2) is 0 Å². The molecule has 0 bridgehead atoms. The van der Waals surface area contributed by atoms with E-state index in [1.807, 2.05) is 20.8 Å². The minimum absolute atomic E-state index is 0.348. The van der Waals surface area contributed by atoms with E-state index in [0.29, 0.717) is 0 Å². The van der Waals surface area contributed by atoms with E-state index in [1.165, 1.54) is 11.1 Å². The van der Waals surface area contributed by atoms with Gasteiger partial charge in [-0.3, -0.25) is 0 Å². The van der Waals surface area contributed by atoms with Crippen LogP contribution in [0.4, 0.5) is 4.39 Å². The van der Waals surface area contributed by atoms with E-state index in [0.717, 1.165) is 16.7 Å². The molecule has 1 aromatic carbocycles. The average Bonchev–Trinajstić information content (AvgIpc) is 2.01. The number of hydrogen-bond donors (Lipinski definition) is 0. The van der Waals surface area contributed by atoms with Gasteiger partial charge >= 0.3 is 0 Å². The van der Waals surface area contributed by atoms with E-state index in [9.17, 15) is 4.39 Å². The minimum atomic E-state index is -0.348. The molecule has 0 aliphatic rings. The lowest BCUT2D eigenvalue weighted by Gasteiger charge is -2.11. The van der Waals surface area contributed by atoms with E-state index in [4.69, 9.17) is 0 Å². The van der Waals surface area contributed by atoms with Crippen molar-refractivity contribution in [2.75, 3.05) is 0 Å². The van der Waals surface area contributed by atoms with Crippen molar-refractivity contribution in [1.82, 2.24) is 0 Å². The first-order valence-electron chi connectivity index (χ1n) is 4.20. The SMILES string of the molecule is Cc1cc(C)c(CF)c(C)c1C. The van der Waals surface area contributed by atoms with Gasteiger partial charge in [0.15, 0.2) is 0 Å². The fourth-order valence-electron chi connectivity index (χ4n) is 1.54. The monoisotopic (exact) mass is 166 g/mol. The molecule has 0 saturated carbocycles. The molecule has 1 aromatic rings. The molecule has 0 radical (unpaired) electrons. The first-order chi connectivity index (χ1) is 5.57. The van der Waals surface area contributed by atoms with Gasteiger partial charge in [-0.2, -0.15) is 0 Å². The summed E-state index contributed by atoms with van der Waals surface area (Å²) in [4.78, 5) is 0. The van der Waals surface area contributed by atoms with Gasteiger partial charge in [0.2, 0.25) is 0 Å². The fourth-order valence-corrected chi connectivity index (χ4v) is 1.54. The van der Waals surface area contributed by atoms with Crippen LogP contribution in [-0.2, 0) is 6.67 Å². The lowest BCUT2D eigenvalue weighted by atomic mass is 9.95. The number of aryl methyl sites for hydroxylation is 2. The summed E-state index contributed by atoms with van der Waals surface area (Å²) in [6.07, 6.45) is 0. The quantitative estimate of drug-likeness (QED) is 0.600. The molecule has 0 N–H and O–H groups in total. The van der Waals surface area contributed by atoms with Crippen LogP contribution in [0.2, 0.25) is 0 Å². The van der Waals surface area contributed by atoms with Gasteiger partial charge in [-0.05, 0) is 55.5 Å². The van der Waals surface area contributed by atoms with Gasteiger partial charge in [0, 0.05) is 0 Å². The van der Waals surface area contributed by atoms with Crippen LogP contribution in [0, 0.1) is 27.7 Å². The largest absolute Gasteiger partial charge is 0.246 e. The second-order valence-corrected chi connectivity index (χ2v) is 3.37. The number of rotatable bonds is 1. The Kier molecular flexibility index (Phi) is 2.51. The van der Waals surface area contributed by atoms with Crippen molar-refractivity contribution in [1.29, 1.82) is 0 Å². The summed E-state index contributed by atoms with van der Waals surface area (Å²) in [6.45, 7) is 7.72. The van der Waals surface area contributed by atoms with Crippen LogP contribution in [0.1, 0.15) is 27.8 Å². The van der Waals surface area contributed by atoms with Crippen molar-refractivity contribution >= 4 is 0 Å². The lowest BCUT2D eigenvalue weighted by molar-refractivity contribution is 0.481. The third-order valence-electron chi connectivity index (χ3n) is 2.65. The summed E-state index contributed by atoms with van der Waals surface area (Å²) in [6, 6.07) is 2.05. The van der Waals surface area contributed by atoms with Crippen LogP contribution < -0.4 is 0 Å². The third kappa shape index (κ3) is 1.36. The number of hydrogen-bond acceptors (Lipinski definition) is 0. The molecule has 0 saturated heterocycles. The van der Waals surface area contributed by atoms with Gasteiger partial charge in [0.1, 0.15) is 6.67 Å². The predicted octanol–water partition coefficient (Wildman–Crippen LogP) is 3.39. The van der Waals surface area contributed by atoms with Gasteiger partial charge < -0.3 is 0 Å². The highest BCUT2D eigenvalue weighted by Gasteiger charge is 2.06. The van der Waals surface area contributed by atoms with Crippen LogP contribution >= 0.6 is 0 Å². The molecule has 0 heterocycles. The summed E-state index contributed by atoms with van der Waals surface area (Å²) in [5.74, 6) is 0. The van der Waals surface area contributed by atoms with Crippen molar-refractivity contribution in [2.45, 2.75) is 34.4 Å². The molecule has 66 valence electrons. The van der Waals surface area contributed by atoms with Gasteiger partial charge in [-0.15, -0.1) is 0 Å². The zero-order valence-electron chi connectivity index (χ0n) is 8.16. The fraction of sp³-hybridized carbons (Fsp3) is 0.455. The summed E-state index contributed by atoms with van der Waals surface area (Å²) in [5.41, 5.74) is 5.50. The Morgan fingerprint density at radius 3 is 2.08 bits per heavy atom. The normalized spacial score (nSPS) is 10.4. The standard InChI is InChI=1S/C11H15F/c1-7-5-8(2)11(6-12)10(4)9(7)3/h5H,6H2,1-4H3. The van der Waals surface area contributed by atoms with E-state index >= 15 is 0 Å². The second kappa shape index (κ2) is 3.26. The topological polar surface area (TPSA) is 0 Å². The zero-order chi connectivity index (χ0) is 9.30.